The molecule has 2 rings (SSSR count). The Hall–Kier alpha value is -1.40. The Morgan fingerprint density at radius 1 is 1.45 bits per heavy atom. The van der Waals surface area contributed by atoms with Crippen LogP contribution in [0, 0.1) is 6.92 Å². The third kappa shape index (κ3) is 3.19. The molecule has 1 aromatic carbocycles. The third-order valence-electron chi connectivity index (χ3n) is 3.58. The van der Waals surface area contributed by atoms with Crippen LogP contribution in [0.2, 0.25) is 0 Å². The molecule has 1 saturated heterocycles. The summed E-state index contributed by atoms with van der Waals surface area (Å²) in [5.74, 6) is -1.12. The van der Waals surface area contributed by atoms with Crippen LogP contribution in [0.1, 0.15) is 35.2 Å². The standard InChI is InChI=1S/C14H18O5S/c1-10-12(14(15)16)5-2-6-13(10)20(17,18)9-7-11-4-3-8-19-11/h2,5-6,11H,3-4,7-9H2,1H3,(H,15,16). The SMILES string of the molecule is Cc1c(C(=O)O)cccc1S(=O)(=O)CCC1CCCO1. The quantitative estimate of drug-likeness (QED) is 0.899. The maximum atomic E-state index is 12.3. The number of carboxylic acids is 1. The minimum absolute atomic E-state index is 0.00716. The second kappa shape index (κ2) is 5.93. The molecule has 1 aromatic rings. The van der Waals surface area contributed by atoms with Gasteiger partial charge >= 0.3 is 5.97 Å². The van der Waals surface area contributed by atoms with Crippen LogP contribution in [0.25, 0.3) is 0 Å². The Morgan fingerprint density at radius 3 is 2.80 bits per heavy atom. The third-order valence-corrected chi connectivity index (χ3v) is 5.47. The highest BCUT2D eigenvalue weighted by Gasteiger charge is 2.23. The number of benzene rings is 1. The lowest BCUT2D eigenvalue weighted by atomic mass is 10.1. The van der Waals surface area contributed by atoms with Crippen molar-refractivity contribution in [2.24, 2.45) is 0 Å². The lowest BCUT2D eigenvalue weighted by Gasteiger charge is -2.12. The highest BCUT2D eigenvalue weighted by Crippen LogP contribution is 2.23. The molecule has 1 unspecified atom stereocenters. The normalized spacial score (nSPS) is 19.1. The molecule has 1 heterocycles. The molecule has 0 radical (unpaired) electrons. The molecule has 6 heteroatoms. The number of hydrogen-bond acceptors (Lipinski definition) is 4. The van der Waals surface area contributed by atoms with Crippen molar-refractivity contribution in [2.45, 2.75) is 37.2 Å². The fraction of sp³-hybridized carbons (Fsp3) is 0.500. The van der Waals surface area contributed by atoms with E-state index in [2.05, 4.69) is 0 Å². The van der Waals surface area contributed by atoms with Gasteiger partial charge < -0.3 is 9.84 Å². The summed E-state index contributed by atoms with van der Waals surface area (Å²) in [7, 11) is -3.48. The molecule has 110 valence electrons. The van der Waals surface area contributed by atoms with E-state index in [1.165, 1.54) is 25.1 Å². The first-order valence-corrected chi connectivity index (χ1v) is 8.24. The lowest BCUT2D eigenvalue weighted by Crippen LogP contribution is -2.16. The molecular weight excluding hydrogens is 280 g/mol. The van der Waals surface area contributed by atoms with E-state index in [-0.39, 0.29) is 22.3 Å². The first-order valence-electron chi connectivity index (χ1n) is 6.59. The van der Waals surface area contributed by atoms with Crippen LogP contribution in [0.3, 0.4) is 0 Å². The van der Waals surface area contributed by atoms with Crippen molar-refractivity contribution >= 4 is 15.8 Å². The molecule has 1 fully saturated rings. The van der Waals surface area contributed by atoms with Gasteiger partial charge in [-0.15, -0.1) is 0 Å². The van der Waals surface area contributed by atoms with Crippen molar-refractivity contribution in [3.63, 3.8) is 0 Å². The monoisotopic (exact) mass is 298 g/mol. The first kappa shape index (κ1) is 15.0. The molecule has 20 heavy (non-hydrogen) atoms. The smallest absolute Gasteiger partial charge is 0.335 e. The minimum atomic E-state index is -3.48. The minimum Gasteiger partial charge on any atom is -0.478 e. The molecule has 1 atom stereocenters. The second-order valence-electron chi connectivity index (χ2n) is 4.98. The Morgan fingerprint density at radius 2 is 2.20 bits per heavy atom. The summed E-state index contributed by atoms with van der Waals surface area (Å²) in [5, 5.41) is 9.04. The fourth-order valence-corrected chi connectivity index (χ4v) is 4.11. The van der Waals surface area contributed by atoms with Gasteiger partial charge in [-0.05, 0) is 43.9 Å². The van der Waals surface area contributed by atoms with E-state index in [4.69, 9.17) is 9.84 Å². The average Bonchev–Trinajstić information content (AvgIpc) is 2.89. The van der Waals surface area contributed by atoms with E-state index >= 15 is 0 Å². The van der Waals surface area contributed by atoms with Crippen molar-refractivity contribution in [2.75, 3.05) is 12.4 Å². The largest absolute Gasteiger partial charge is 0.478 e. The molecule has 0 bridgehead atoms. The van der Waals surface area contributed by atoms with Crippen molar-refractivity contribution in [1.29, 1.82) is 0 Å². The van der Waals surface area contributed by atoms with Gasteiger partial charge in [0.2, 0.25) is 0 Å². The van der Waals surface area contributed by atoms with Gasteiger partial charge in [-0.1, -0.05) is 6.07 Å². The van der Waals surface area contributed by atoms with Gasteiger partial charge in [-0.3, -0.25) is 0 Å². The molecule has 1 N–H and O–H groups in total. The second-order valence-corrected chi connectivity index (χ2v) is 7.05. The first-order chi connectivity index (χ1) is 9.42. The fourth-order valence-electron chi connectivity index (χ4n) is 2.45. The van der Waals surface area contributed by atoms with E-state index in [0.29, 0.717) is 18.6 Å². The van der Waals surface area contributed by atoms with Crippen molar-refractivity contribution in [1.82, 2.24) is 0 Å². The number of aromatic carboxylic acids is 1. The topological polar surface area (TPSA) is 80.7 Å². The molecule has 5 nitrogen and oxygen atoms in total. The van der Waals surface area contributed by atoms with Crippen LogP contribution in [-0.4, -0.2) is 38.0 Å². The molecule has 1 aliphatic heterocycles. The summed E-state index contributed by atoms with van der Waals surface area (Å²) in [6.45, 7) is 2.22. The van der Waals surface area contributed by atoms with Crippen LogP contribution >= 0.6 is 0 Å². The van der Waals surface area contributed by atoms with Gasteiger partial charge in [0.15, 0.2) is 9.84 Å². The molecule has 0 aromatic heterocycles. The maximum Gasteiger partial charge on any atom is 0.335 e. The number of carbonyl (C=O) groups is 1. The summed E-state index contributed by atoms with van der Waals surface area (Å²) in [5.41, 5.74) is 0.329. The lowest BCUT2D eigenvalue weighted by molar-refractivity contribution is 0.0695. The Labute approximate surface area is 118 Å². The van der Waals surface area contributed by atoms with Crippen LogP contribution in [0.15, 0.2) is 23.1 Å². The highest BCUT2D eigenvalue weighted by molar-refractivity contribution is 7.91. The van der Waals surface area contributed by atoms with E-state index in [9.17, 15) is 13.2 Å². The Bertz CT molecular complexity index is 600. The van der Waals surface area contributed by atoms with E-state index < -0.39 is 15.8 Å². The van der Waals surface area contributed by atoms with E-state index in [1.54, 1.807) is 0 Å². The van der Waals surface area contributed by atoms with Gasteiger partial charge in [-0.25, -0.2) is 13.2 Å². The zero-order valence-corrected chi connectivity index (χ0v) is 12.1. The molecule has 0 amide bonds. The van der Waals surface area contributed by atoms with E-state index in [1.807, 2.05) is 0 Å². The van der Waals surface area contributed by atoms with Crippen molar-refractivity contribution in [3.8, 4) is 0 Å². The van der Waals surface area contributed by atoms with Gasteiger partial charge in [0.05, 0.1) is 22.3 Å². The zero-order valence-electron chi connectivity index (χ0n) is 11.3. The zero-order chi connectivity index (χ0) is 14.8. The van der Waals surface area contributed by atoms with Gasteiger partial charge in [-0.2, -0.15) is 0 Å². The molecule has 0 aliphatic carbocycles. The van der Waals surface area contributed by atoms with Crippen molar-refractivity contribution in [3.05, 3.63) is 29.3 Å². The Balaban J connectivity index is 2.20. The van der Waals surface area contributed by atoms with Gasteiger partial charge in [0.1, 0.15) is 0 Å². The highest BCUT2D eigenvalue weighted by atomic mass is 32.2. The van der Waals surface area contributed by atoms with Gasteiger partial charge in [0, 0.05) is 6.61 Å². The number of carboxylic acid groups (broad SMARTS) is 1. The summed E-state index contributed by atoms with van der Waals surface area (Å²) >= 11 is 0. The van der Waals surface area contributed by atoms with Crippen LogP contribution in [0.4, 0.5) is 0 Å². The Kier molecular flexibility index (Phi) is 4.45. The van der Waals surface area contributed by atoms with Gasteiger partial charge in [0.25, 0.3) is 0 Å². The predicted molar refractivity (Wildman–Crippen MR) is 73.8 cm³/mol. The summed E-state index contributed by atoms with van der Waals surface area (Å²) in [6, 6.07) is 4.35. The number of sulfone groups is 1. The molecule has 0 saturated carbocycles. The van der Waals surface area contributed by atoms with Crippen molar-refractivity contribution < 1.29 is 23.1 Å². The number of ether oxygens (including phenoxy) is 1. The molecular formula is C14H18O5S. The van der Waals surface area contributed by atoms with Crippen LogP contribution < -0.4 is 0 Å². The predicted octanol–water partition coefficient (Wildman–Crippen LogP) is 2.04. The summed E-state index contributed by atoms with van der Waals surface area (Å²) < 4.78 is 30.1. The average molecular weight is 298 g/mol. The molecule has 0 spiro atoms. The molecule has 1 aliphatic rings. The van der Waals surface area contributed by atoms with E-state index in [0.717, 1.165) is 12.8 Å². The number of hydrogen-bond donors (Lipinski definition) is 1. The van der Waals surface area contributed by atoms with Crippen LogP contribution in [-0.2, 0) is 14.6 Å². The summed E-state index contributed by atoms with van der Waals surface area (Å²) in [4.78, 5) is 11.2. The van der Waals surface area contributed by atoms with Crippen LogP contribution in [0.5, 0.6) is 0 Å². The summed E-state index contributed by atoms with van der Waals surface area (Å²) in [6.07, 6.45) is 2.33. The maximum absolute atomic E-state index is 12.3. The number of rotatable bonds is 5.